The third-order valence-corrected chi connectivity index (χ3v) is 3.66. The van der Waals surface area contributed by atoms with Gasteiger partial charge in [0.15, 0.2) is 5.65 Å². The van der Waals surface area contributed by atoms with Crippen LogP contribution in [0.3, 0.4) is 0 Å². The smallest absolute Gasteiger partial charge is 0.341 e. The van der Waals surface area contributed by atoms with E-state index in [-0.39, 0.29) is 30.3 Å². The first-order valence-corrected chi connectivity index (χ1v) is 8.14. The number of rotatable bonds is 5. The van der Waals surface area contributed by atoms with Crippen LogP contribution in [0.2, 0.25) is 0 Å². The quantitative estimate of drug-likeness (QED) is 0.621. The van der Waals surface area contributed by atoms with Gasteiger partial charge < -0.3 is 10.1 Å². The van der Waals surface area contributed by atoms with Crippen molar-refractivity contribution in [2.75, 3.05) is 11.9 Å². The van der Waals surface area contributed by atoms with Crippen molar-refractivity contribution in [1.82, 2.24) is 9.97 Å². The van der Waals surface area contributed by atoms with Gasteiger partial charge in [0.05, 0.1) is 12.3 Å². The molecule has 0 radical (unpaired) electrons. The van der Waals surface area contributed by atoms with Crippen molar-refractivity contribution >= 4 is 40.8 Å². The average Bonchev–Trinajstić information content (AvgIpc) is 2.58. The lowest BCUT2D eigenvalue weighted by molar-refractivity contribution is 0.0506. The molecule has 1 N–H and O–H groups in total. The fourth-order valence-electron chi connectivity index (χ4n) is 2.50. The molecular weight excluding hydrogens is 376 g/mol. The van der Waals surface area contributed by atoms with Gasteiger partial charge in [0.2, 0.25) is 0 Å². The number of hydrogen-bond acceptors (Lipinski definition) is 5. The summed E-state index contributed by atoms with van der Waals surface area (Å²) < 4.78 is 32.2. The number of halogens is 3. The van der Waals surface area contributed by atoms with Gasteiger partial charge in [0, 0.05) is 29.0 Å². The lowest BCUT2D eigenvalue weighted by Crippen LogP contribution is -2.10. The summed E-state index contributed by atoms with van der Waals surface area (Å²) in [5.41, 5.74) is 1.85. The largest absolute Gasteiger partial charge is 0.462 e. The number of nitrogens with zero attached hydrogens (tertiary/aromatic N) is 2. The molecule has 0 fully saturated rings. The highest BCUT2D eigenvalue weighted by atomic mass is 35.5. The Morgan fingerprint density at radius 3 is 2.56 bits per heavy atom. The zero-order chi connectivity index (χ0) is 18.7. The van der Waals surface area contributed by atoms with Crippen LogP contribution in [-0.2, 0) is 4.74 Å². The molecule has 0 aliphatic heterocycles. The Labute approximate surface area is 161 Å². The Kier molecular flexibility index (Phi) is 6.63. The Hall–Kier alpha value is -2.80. The van der Waals surface area contributed by atoms with Crippen LogP contribution in [0, 0.1) is 18.6 Å². The summed E-state index contributed by atoms with van der Waals surface area (Å²) in [5.74, 6) is -2.02. The van der Waals surface area contributed by atoms with Crippen molar-refractivity contribution in [1.29, 1.82) is 0 Å². The monoisotopic (exact) mass is 393 g/mol. The van der Waals surface area contributed by atoms with E-state index in [1.807, 2.05) is 13.8 Å². The first-order valence-electron chi connectivity index (χ1n) is 8.14. The molecule has 0 aliphatic carbocycles. The number of aryl methyl sites for hydroxylation is 1. The summed E-state index contributed by atoms with van der Waals surface area (Å²) >= 11 is 0. The molecule has 8 heteroatoms. The molecule has 0 atom stereocenters. The minimum absolute atomic E-state index is 0. The number of anilines is 2. The van der Waals surface area contributed by atoms with Gasteiger partial charge in [-0.2, -0.15) is 0 Å². The molecule has 0 amide bonds. The topological polar surface area (TPSA) is 64.1 Å². The maximum Gasteiger partial charge on any atom is 0.341 e. The van der Waals surface area contributed by atoms with Crippen LogP contribution in [0.1, 0.15) is 29.4 Å². The number of aromatic nitrogens is 2. The predicted molar refractivity (Wildman–Crippen MR) is 102 cm³/mol. The van der Waals surface area contributed by atoms with Gasteiger partial charge in [-0.25, -0.2) is 23.5 Å². The van der Waals surface area contributed by atoms with E-state index < -0.39 is 17.6 Å². The van der Waals surface area contributed by atoms with Crippen molar-refractivity contribution in [2.24, 2.45) is 0 Å². The van der Waals surface area contributed by atoms with Crippen LogP contribution in [0.5, 0.6) is 0 Å². The number of esters is 1. The maximum atomic E-state index is 13.5. The number of nitrogens with one attached hydrogen (secondary N) is 1. The number of hydrogen-bond donors (Lipinski definition) is 1. The molecule has 0 saturated heterocycles. The summed E-state index contributed by atoms with van der Waals surface area (Å²) in [6.07, 6.45) is 2.02. The number of carbonyl (C=O) groups excluding carboxylic acids is 1. The van der Waals surface area contributed by atoms with Gasteiger partial charge in [-0.1, -0.05) is 6.92 Å². The summed E-state index contributed by atoms with van der Waals surface area (Å²) in [4.78, 5) is 20.9. The molecule has 5 nitrogen and oxygen atoms in total. The van der Waals surface area contributed by atoms with Gasteiger partial charge in [-0.05, 0) is 37.6 Å². The second kappa shape index (κ2) is 8.73. The van der Waals surface area contributed by atoms with E-state index in [4.69, 9.17) is 4.74 Å². The maximum absolute atomic E-state index is 13.5. The summed E-state index contributed by atoms with van der Waals surface area (Å²) in [7, 11) is 0. The standard InChI is InChI=1S/C19H17F2N3O2.ClH/c1-3-6-26-19(25)16-10-22-18-15(5-4-11(2)23-18)17(16)24-14-8-12(20)7-13(21)9-14;/h4-5,7-10H,3,6H2,1-2H3,(H,22,23,24);1H. The fraction of sp³-hybridized carbons (Fsp3) is 0.211. The molecule has 0 saturated carbocycles. The highest BCUT2D eigenvalue weighted by Crippen LogP contribution is 2.30. The zero-order valence-corrected chi connectivity index (χ0v) is 15.6. The van der Waals surface area contributed by atoms with Gasteiger partial charge in [-0.3, -0.25) is 0 Å². The summed E-state index contributed by atoms with van der Waals surface area (Å²) in [6.45, 7) is 3.96. The van der Waals surface area contributed by atoms with Crippen LogP contribution in [0.15, 0.2) is 36.5 Å². The van der Waals surface area contributed by atoms with E-state index >= 15 is 0 Å². The molecule has 1 aromatic carbocycles. The molecule has 0 bridgehead atoms. The van der Waals surface area contributed by atoms with Crippen molar-refractivity contribution in [3.05, 3.63) is 59.4 Å². The Morgan fingerprint density at radius 1 is 1.19 bits per heavy atom. The molecule has 2 aromatic heterocycles. The highest BCUT2D eigenvalue weighted by Gasteiger charge is 2.18. The zero-order valence-electron chi connectivity index (χ0n) is 14.8. The fourth-order valence-corrected chi connectivity index (χ4v) is 2.50. The van der Waals surface area contributed by atoms with E-state index in [2.05, 4.69) is 15.3 Å². The Balaban J connectivity index is 0.00000261. The predicted octanol–water partition coefficient (Wildman–Crippen LogP) is 4.95. The van der Waals surface area contributed by atoms with E-state index in [1.54, 1.807) is 12.1 Å². The van der Waals surface area contributed by atoms with Crippen molar-refractivity contribution in [3.8, 4) is 0 Å². The lowest BCUT2D eigenvalue weighted by Gasteiger charge is -2.14. The summed E-state index contributed by atoms with van der Waals surface area (Å²) in [6, 6.07) is 6.56. The second-order valence-corrected chi connectivity index (χ2v) is 5.79. The number of benzene rings is 1. The number of pyridine rings is 2. The van der Waals surface area contributed by atoms with Gasteiger partial charge >= 0.3 is 5.97 Å². The average molecular weight is 394 g/mol. The molecule has 142 valence electrons. The summed E-state index contributed by atoms with van der Waals surface area (Å²) in [5, 5.41) is 3.46. The third-order valence-electron chi connectivity index (χ3n) is 3.66. The van der Waals surface area contributed by atoms with Crippen molar-refractivity contribution < 1.29 is 18.3 Å². The number of ether oxygens (including phenoxy) is 1. The first-order chi connectivity index (χ1) is 12.5. The van der Waals surface area contributed by atoms with Gasteiger partial charge in [-0.15, -0.1) is 12.4 Å². The minimum Gasteiger partial charge on any atom is -0.462 e. The SMILES string of the molecule is CCCOC(=O)c1cnc2nc(C)ccc2c1Nc1cc(F)cc(F)c1.Cl. The molecule has 0 aliphatic rings. The van der Waals surface area contributed by atoms with E-state index in [0.717, 1.165) is 23.9 Å². The molecule has 0 unspecified atom stereocenters. The van der Waals surface area contributed by atoms with E-state index in [0.29, 0.717) is 23.1 Å². The Bertz CT molecular complexity index is 962. The Morgan fingerprint density at radius 2 is 1.89 bits per heavy atom. The number of fused-ring (bicyclic) bond motifs is 1. The van der Waals surface area contributed by atoms with Crippen LogP contribution in [0.25, 0.3) is 11.0 Å². The number of carbonyl (C=O) groups is 1. The molecule has 3 aromatic rings. The van der Waals surface area contributed by atoms with Crippen LogP contribution in [0.4, 0.5) is 20.2 Å². The van der Waals surface area contributed by atoms with Gasteiger partial charge in [0.1, 0.15) is 17.2 Å². The van der Waals surface area contributed by atoms with Crippen LogP contribution >= 0.6 is 12.4 Å². The van der Waals surface area contributed by atoms with E-state index in [9.17, 15) is 13.6 Å². The minimum atomic E-state index is -0.727. The first kappa shape index (κ1) is 20.5. The second-order valence-electron chi connectivity index (χ2n) is 5.79. The van der Waals surface area contributed by atoms with E-state index in [1.165, 1.54) is 6.20 Å². The molecule has 2 heterocycles. The van der Waals surface area contributed by atoms with Crippen LogP contribution in [-0.4, -0.2) is 22.5 Å². The van der Waals surface area contributed by atoms with Crippen molar-refractivity contribution in [3.63, 3.8) is 0 Å². The molecule has 27 heavy (non-hydrogen) atoms. The van der Waals surface area contributed by atoms with Gasteiger partial charge in [0.25, 0.3) is 0 Å². The lowest BCUT2D eigenvalue weighted by atomic mass is 10.1. The normalized spacial score (nSPS) is 10.4. The third kappa shape index (κ3) is 4.68. The van der Waals surface area contributed by atoms with Crippen LogP contribution < -0.4 is 5.32 Å². The van der Waals surface area contributed by atoms with Crippen molar-refractivity contribution in [2.45, 2.75) is 20.3 Å². The molecule has 0 spiro atoms. The molecular formula is C19H18ClF2N3O2. The highest BCUT2D eigenvalue weighted by molar-refractivity contribution is 6.05. The molecule has 3 rings (SSSR count).